The lowest BCUT2D eigenvalue weighted by Crippen LogP contribution is -2.60. The maximum Gasteiger partial charge on any atom is 0.308 e. The summed E-state index contributed by atoms with van der Waals surface area (Å²) in [5.74, 6) is -0.834. The van der Waals surface area contributed by atoms with Crippen LogP contribution in [0.3, 0.4) is 0 Å². The second-order valence-corrected chi connectivity index (χ2v) is 7.77. The molecular weight excluding hydrogens is 330 g/mol. The number of nitrogen functional groups attached to an aromatic ring is 1. The molecule has 3 aliphatic heterocycles. The molecule has 0 radical (unpaired) electrons. The predicted molar refractivity (Wildman–Crippen MR) is 98.4 cm³/mol. The molecule has 26 heavy (non-hydrogen) atoms. The van der Waals surface area contributed by atoms with Gasteiger partial charge in [0, 0.05) is 48.2 Å². The third-order valence-corrected chi connectivity index (χ3v) is 6.35. The van der Waals surface area contributed by atoms with Crippen LogP contribution in [0.15, 0.2) is 41.2 Å². The highest BCUT2D eigenvalue weighted by molar-refractivity contribution is 5.76. The van der Waals surface area contributed by atoms with Gasteiger partial charge in [-0.1, -0.05) is 6.07 Å². The van der Waals surface area contributed by atoms with Gasteiger partial charge in [-0.15, -0.1) is 0 Å². The van der Waals surface area contributed by atoms with Crippen LogP contribution in [-0.2, 0) is 17.8 Å². The number of nitrogens with two attached hydrogens (primary N) is 1. The number of pyridine rings is 1. The Morgan fingerprint density at radius 3 is 2.85 bits per heavy atom. The quantitative estimate of drug-likeness (QED) is 0.763. The first-order chi connectivity index (χ1) is 12.5. The number of carboxylic acid groups (broad SMARTS) is 1. The van der Waals surface area contributed by atoms with E-state index in [0.717, 1.165) is 29.9 Å². The molecule has 4 atom stereocenters. The van der Waals surface area contributed by atoms with Gasteiger partial charge in [0.15, 0.2) is 0 Å². The summed E-state index contributed by atoms with van der Waals surface area (Å²) in [5, 5.41) is 9.89. The highest BCUT2D eigenvalue weighted by Gasteiger charge is 2.49. The van der Waals surface area contributed by atoms with Gasteiger partial charge in [-0.25, -0.2) is 0 Å². The Kier molecular flexibility index (Phi) is 3.20. The number of rotatable bonds is 1. The van der Waals surface area contributed by atoms with Crippen LogP contribution in [0, 0.1) is 11.8 Å². The van der Waals surface area contributed by atoms with Crippen LogP contribution in [0.5, 0.6) is 0 Å². The molecule has 5 rings (SSSR count). The van der Waals surface area contributed by atoms with E-state index in [-0.39, 0.29) is 23.4 Å². The molecule has 3 N–H and O–H groups in total. The number of anilines is 2. The number of aliphatic carboxylic acids is 1. The minimum atomic E-state index is -0.766. The Bertz CT molecular complexity index is 967. The first-order valence-corrected chi connectivity index (χ1v) is 9.10. The van der Waals surface area contributed by atoms with Crippen molar-refractivity contribution in [3.8, 4) is 0 Å². The predicted octanol–water partition coefficient (Wildman–Crippen LogP) is 1.68. The average Bonchev–Trinajstić information content (AvgIpc) is 2.61. The van der Waals surface area contributed by atoms with Gasteiger partial charge in [0.25, 0.3) is 5.56 Å². The van der Waals surface area contributed by atoms with Crippen molar-refractivity contribution in [2.45, 2.75) is 31.3 Å². The Morgan fingerprint density at radius 2 is 2.04 bits per heavy atom. The second-order valence-electron chi connectivity index (χ2n) is 7.77. The Morgan fingerprint density at radius 1 is 1.19 bits per heavy atom. The van der Waals surface area contributed by atoms with Crippen LogP contribution in [0.2, 0.25) is 0 Å². The monoisotopic (exact) mass is 351 g/mol. The first kappa shape index (κ1) is 15.5. The van der Waals surface area contributed by atoms with Crippen LogP contribution in [0.25, 0.3) is 0 Å². The van der Waals surface area contributed by atoms with E-state index in [1.807, 2.05) is 34.9 Å². The molecule has 1 aromatic carbocycles. The van der Waals surface area contributed by atoms with Crippen LogP contribution in [0.1, 0.15) is 23.6 Å². The van der Waals surface area contributed by atoms with E-state index in [9.17, 15) is 14.7 Å². The standard InChI is InChI=1S/C20H21N3O3/c21-14-4-5-17-11(7-14)8-15(20(25)26)19-13-6-12(9-23(17)19)16-2-1-3-18(24)22(16)10-13/h1-5,7,12-13,15,19H,6,8-10,21H2,(H,25,26)/t12-,13+,15+,19-/m0/s1. The largest absolute Gasteiger partial charge is 0.481 e. The van der Waals surface area contributed by atoms with E-state index in [2.05, 4.69) is 4.90 Å². The van der Waals surface area contributed by atoms with E-state index < -0.39 is 11.9 Å². The molecule has 0 unspecified atom stereocenters. The fourth-order valence-electron chi connectivity index (χ4n) is 5.36. The molecule has 4 heterocycles. The average molecular weight is 351 g/mol. The van der Waals surface area contributed by atoms with Crippen molar-refractivity contribution in [1.82, 2.24) is 4.57 Å². The normalized spacial score (nSPS) is 28.7. The molecule has 0 saturated carbocycles. The molecule has 2 aromatic rings. The smallest absolute Gasteiger partial charge is 0.308 e. The summed E-state index contributed by atoms with van der Waals surface area (Å²) in [6, 6.07) is 11.2. The molecule has 0 spiro atoms. The molecule has 1 fully saturated rings. The molecule has 1 saturated heterocycles. The summed E-state index contributed by atoms with van der Waals surface area (Å²) in [6.07, 6.45) is 1.44. The second kappa shape index (κ2) is 5.37. The number of hydrogen-bond donors (Lipinski definition) is 2. The minimum absolute atomic E-state index is 0.0153. The first-order valence-electron chi connectivity index (χ1n) is 9.10. The Balaban J connectivity index is 1.65. The summed E-state index contributed by atoms with van der Waals surface area (Å²) in [6.45, 7) is 1.34. The lowest BCUT2D eigenvalue weighted by molar-refractivity contribution is -0.143. The number of hydrogen-bond acceptors (Lipinski definition) is 4. The van der Waals surface area contributed by atoms with E-state index in [1.165, 1.54) is 0 Å². The number of carboxylic acids is 1. The molecule has 6 nitrogen and oxygen atoms in total. The van der Waals surface area contributed by atoms with Gasteiger partial charge >= 0.3 is 5.97 Å². The van der Waals surface area contributed by atoms with Gasteiger partial charge in [-0.05, 0) is 48.6 Å². The van der Waals surface area contributed by atoms with Crippen molar-refractivity contribution in [2.24, 2.45) is 11.8 Å². The number of fused-ring (bicyclic) bond motifs is 8. The van der Waals surface area contributed by atoms with Gasteiger partial charge in [-0.2, -0.15) is 0 Å². The van der Waals surface area contributed by atoms with Gasteiger partial charge < -0.3 is 20.3 Å². The Hall–Kier alpha value is -2.76. The van der Waals surface area contributed by atoms with Gasteiger partial charge in [-0.3, -0.25) is 9.59 Å². The fraction of sp³-hybridized carbons (Fsp3) is 0.400. The van der Waals surface area contributed by atoms with Crippen LogP contribution in [0.4, 0.5) is 11.4 Å². The Labute approximate surface area is 150 Å². The summed E-state index contributed by atoms with van der Waals surface area (Å²) < 4.78 is 1.85. The van der Waals surface area contributed by atoms with Gasteiger partial charge in [0.05, 0.1) is 5.92 Å². The number of nitrogens with zero attached hydrogens (tertiary/aromatic N) is 2. The molecule has 3 aliphatic rings. The topological polar surface area (TPSA) is 88.6 Å². The van der Waals surface area contributed by atoms with Crippen LogP contribution < -0.4 is 16.2 Å². The highest BCUT2D eigenvalue weighted by atomic mass is 16.4. The van der Waals surface area contributed by atoms with Gasteiger partial charge in [0.1, 0.15) is 0 Å². The molecule has 134 valence electrons. The zero-order chi connectivity index (χ0) is 18.0. The van der Waals surface area contributed by atoms with E-state index >= 15 is 0 Å². The van der Waals surface area contributed by atoms with Crippen molar-refractivity contribution in [1.29, 1.82) is 0 Å². The number of aromatic nitrogens is 1. The number of piperidine rings is 1. The highest BCUT2D eigenvalue weighted by Crippen LogP contribution is 2.47. The zero-order valence-corrected chi connectivity index (χ0v) is 14.3. The van der Waals surface area contributed by atoms with Crippen LogP contribution >= 0.6 is 0 Å². The molecule has 0 amide bonds. The van der Waals surface area contributed by atoms with Crippen molar-refractivity contribution in [2.75, 3.05) is 17.2 Å². The molecular formula is C20H21N3O3. The van der Waals surface area contributed by atoms with Crippen molar-refractivity contribution < 1.29 is 9.90 Å². The third kappa shape index (κ3) is 2.11. The van der Waals surface area contributed by atoms with Gasteiger partial charge in [0.2, 0.25) is 0 Å². The van der Waals surface area contributed by atoms with E-state index in [4.69, 9.17) is 5.73 Å². The molecule has 0 aliphatic carbocycles. The lowest BCUT2D eigenvalue weighted by atomic mass is 9.70. The molecule has 1 aromatic heterocycles. The summed E-state index contributed by atoms with van der Waals surface area (Å²) in [7, 11) is 0. The number of benzene rings is 1. The molecule has 2 bridgehead atoms. The minimum Gasteiger partial charge on any atom is -0.481 e. The van der Waals surface area contributed by atoms with Crippen LogP contribution in [-0.4, -0.2) is 28.2 Å². The van der Waals surface area contributed by atoms with E-state index in [0.29, 0.717) is 18.7 Å². The lowest BCUT2D eigenvalue weighted by Gasteiger charge is -2.53. The van der Waals surface area contributed by atoms with Crippen molar-refractivity contribution >= 4 is 17.3 Å². The van der Waals surface area contributed by atoms with Crippen molar-refractivity contribution in [3.63, 3.8) is 0 Å². The maximum atomic E-state index is 12.3. The SMILES string of the molecule is Nc1ccc2c(c1)C[C@@H](C(=O)O)[C@@H]1[C@@H]3C[C@@H](CN21)c1cccc(=O)n1C3. The third-order valence-electron chi connectivity index (χ3n) is 6.35. The summed E-state index contributed by atoms with van der Waals surface area (Å²) in [5.41, 5.74) is 9.81. The summed E-state index contributed by atoms with van der Waals surface area (Å²) >= 11 is 0. The number of carbonyl (C=O) groups is 1. The molecule has 6 heteroatoms. The maximum absolute atomic E-state index is 12.3. The summed E-state index contributed by atoms with van der Waals surface area (Å²) in [4.78, 5) is 26.7. The van der Waals surface area contributed by atoms with E-state index in [1.54, 1.807) is 6.07 Å². The fourth-order valence-corrected chi connectivity index (χ4v) is 5.36. The zero-order valence-electron chi connectivity index (χ0n) is 14.3. The van der Waals surface area contributed by atoms with Crippen molar-refractivity contribution in [3.05, 3.63) is 58.0 Å².